The third-order valence-corrected chi connectivity index (χ3v) is 10.5. The minimum Gasteiger partial charge on any atom is -0.392 e. The molecule has 6 rings (SSSR count). The summed E-state index contributed by atoms with van der Waals surface area (Å²) >= 11 is 0. The zero-order valence-electron chi connectivity index (χ0n) is 28.5. The third-order valence-electron chi connectivity index (χ3n) is 10.5. The van der Waals surface area contributed by atoms with E-state index in [0.717, 1.165) is 52.6 Å². The van der Waals surface area contributed by atoms with Crippen LogP contribution in [0.1, 0.15) is 101 Å². The predicted molar refractivity (Wildman–Crippen MR) is 186 cm³/mol. The molecule has 7 heteroatoms. The van der Waals surface area contributed by atoms with Crippen molar-refractivity contribution in [1.29, 1.82) is 0 Å². The number of hydrogen-bond donors (Lipinski definition) is 3. The van der Waals surface area contributed by atoms with E-state index in [9.17, 15) is 9.90 Å². The fraction of sp³-hybridized carbons (Fsp3) is 0.525. The van der Waals surface area contributed by atoms with Gasteiger partial charge in [0, 0.05) is 36.2 Å². The summed E-state index contributed by atoms with van der Waals surface area (Å²) in [5, 5.41) is 13.0. The highest BCUT2D eigenvalue weighted by molar-refractivity contribution is 5.82. The van der Waals surface area contributed by atoms with Crippen LogP contribution in [-0.4, -0.2) is 46.2 Å². The number of benzene rings is 3. The molecule has 4 N–H and O–H groups in total. The number of carbonyl (C=O) groups is 1. The lowest BCUT2D eigenvalue weighted by Gasteiger charge is -2.51. The Morgan fingerprint density at radius 1 is 0.894 bits per heavy atom. The number of fused-ring (bicyclic) bond motifs is 1. The Labute approximate surface area is 280 Å². The Kier molecular flexibility index (Phi) is 10.5. The minimum atomic E-state index is -0.579. The number of piperidine rings is 1. The molecule has 1 saturated carbocycles. The largest absolute Gasteiger partial charge is 0.392 e. The smallest absolute Gasteiger partial charge is 0.237 e. The van der Waals surface area contributed by atoms with Crippen molar-refractivity contribution in [3.05, 3.63) is 95.1 Å². The van der Waals surface area contributed by atoms with E-state index in [4.69, 9.17) is 15.2 Å². The van der Waals surface area contributed by atoms with Crippen LogP contribution in [0.25, 0.3) is 11.1 Å². The third kappa shape index (κ3) is 7.82. The summed E-state index contributed by atoms with van der Waals surface area (Å²) < 4.78 is 13.8. The molecule has 2 heterocycles. The predicted octanol–water partition coefficient (Wildman–Crippen LogP) is 7.03. The fourth-order valence-corrected chi connectivity index (χ4v) is 8.01. The molecule has 0 unspecified atom stereocenters. The maximum Gasteiger partial charge on any atom is 0.237 e. The van der Waals surface area contributed by atoms with E-state index < -0.39 is 6.29 Å². The van der Waals surface area contributed by atoms with Crippen LogP contribution in [-0.2, 0) is 27.4 Å². The van der Waals surface area contributed by atoms with E-state index in [-0.39, 0.29) is 42.2 Å². The number of nitrogens with two attached hydrogens (primary N) is 1. The summed E-state index contributed by atoms with van der Waals surface area (Å²) in [5.41, 5.74) is 11.8. The number of hydrogen-bond acceptors (Lipinski definition) is 6. The molecule has 0 radical (unpaired) electrons. The van der Waals surface area contributed by atoms with Gasteiger partial charge >= 0.3 is 0 Å². The number of likely N-dealkylation sites (tertiary alicyclic amines) is 1. The van der Waals surface area contributed by atoms with Gasteiger partial charge in [-0.25, -0.2) is 0 Å². The number of aliphatic hydroxyl groups excluding tert-OH is 1. The van der Waals surface area contributed by atoms with Crippen LogP contribution in [0.4, 0.5) is 0 Å². The number of rotatable bonds is 8. The Morgan fingerprint density at radius 2 is 1.62 bits per heavy atom. The summed E-state index contributed by atoms with van der Waals surface area (Å²) in [5.74, 6) is 0.781. The lowest BCUT2D eigenvalue weighted by atomic mass is 9.75. The highest BCUT2D eigenvalue weighted by Gasteiger charge is 2.46. The Hall–Kier alpha value is -3.07. The number of ether oxygens (including phenoxy) is 2. The Balaban J connectivity index is 1.34. The van der Waals surface area contributed by atoms with Crippen molar-refractivity contribution in [2.24, 2.45) is 17.6 Å². The van der Waals surface area contributed by atoms with Gasteiger partial charge in [0.25, 0.3) is 0 Å². The number of amides is 1. The van der Waals surface area contributed by atoms with Crippen LogP contribution >= 0.6 is 0 Å². The molecule has 0 aromatic heterocycles. The monoisotopic (exact) mass is 639 g/mol. The van der Waals surface area contributed by atoms with Crippen LogP contribution in [0.5, 0.6) is 0 Å². The number of nitrogens with one attached hydrogen (secondary N) is 1. The molecule has 1 amide bonds. The van der Waals surface area contributed by atoms with Crippen molar-refractivity contribution < 1.29 is 19.4 Å². The normalized spacial score (nSPS) is 28.4. The Bertz CT molecular complexity index is 1500. The van der Waals surface area contributed by atoms with Crippen molar-refractivity contribution in [3.63, 3.8) is 0 Å². The van der Waals surface area contributed by atoms with Crippen molar-refractivity contribution in [2.45, 2.75) is 115 Å². The van der Waals surface area contributed by atoms with E-state index in [1.165, 1.54) is 19.3 Å². The van der Waals surface area contributed by atoms with E-state index in [1.54, 1.807) is 0 Å². The second-order valence-corrected chi connectivity index (χ2v) is 15.0. The number of nitrogens with zero attached hydrogens (tertiary/aromatic N) is 1. The van der Waals surface area contributed by atoms with Crippen LogP contribution in [0.3, 0.4) is 0 Å². The molecular weight excluding hydrogens is 586 g/mol. The van der Waals surface area contributed by atoms with Gasteiger partial charge in [0.15, 0.2) is 6.29 Å². The molecule has 7 nitrogen and oxygen atoms in total. The molecule has 2 aliphatic heterocycles. The van der Waals surface area contributed by atoms with Gasteiger partial charge in [0.05, 0.1) is 24.9 Å². The molecule has 3 fully saturated rings. The molecule has 252 valence electrons. The van der Waals surface area contributed by atoms with E-state index >= 15 is 0 Å². The van der Waals surface area contributed by atoms with Crippen LogP contribution in [0.15, 0.2) is 72.8 Å². The van der Waals surface area contributed by atoms with Gasteiger partial charge in [0.1, 0.15) is 0 Å². The maximum absolute atomic E-state index is 13.8. The van der Waals surface area contributed by atoms with Crippen LogP contribution < -0.4 is 11.1 Å². The highest BCUT2D eigenvalue weighted by Crippen LogP contribution is 2.44. The highest BCUT2D eigenvalue weighted by atomic mass is 16.7. The molecule has 1 aliphatic carbocycles. The van der Waals surface area contributed by atoms with Gasteiger partial charge in [0.2, 0.25) is 5.91 Å². The maximum atomic E-state index is 13.8. The molecule has 0 spiro atoms. The molecule has 47 heavy (non-hydrogen) atoms. The standard InChI is InChI=1S/C40H53N3O4/c1-26-36(24-43-34-14-6-5-10-29(34)19-20-35(43)38(45)42-40(2,3)4)46-39(47-37(26)30-17-15-27(25-44)16-18-30)33-13-8-12-32(22-33)31-11-7-9-28(21-31)23-41/h7-9,11-13,15-18,21-22,26,29,34-37,39,44H,5-6,10,14,19-20,23-25,41H2,1-4H3,(H,42,45)/t26-,29-,34-,35-,36+,37+,39+/m1/s1. The summed E-state index contributed by atoms with van der Waals surface area (Å²) in [7, 11) is 0. The van der Waals surface area contributed by atoms with Gasteiger partial charge in [-0.2, -0.15) is 0 Å². The summed E-state index contributed by atoms with van der Waals surface area (Å²) in [4.78, 5) is 16.3. The number of carbonyl (C=O) groups excluding carboxylic acids is 1. The first-order valence-corrected chi connectivity index (χ1v) is 17.6. The van der Waals surface area contributed by atoms with Gasteiger partial charge in [-0.3, -0.25) is 9.69 Å². The summed E-state index contributed by atoms with van der Waals surface area (Å²) in [6.45, 7) is 9.56. The quantitative estimate of drug-likeness (QED) is 0.245. The van der Waals surface area contributed by atoms with E-state index in [0.29, 0.717) is 25.0 Å². The Morgan fingerprint density at radius 3 is 2.34 bits per heavy atom. The van der Waals surface area contributed by atoms with Crippen LogP contribution in [0, 0.1) is 11.8 Å². The van der Waals surface area contributed by atoms with E-state index in [1.807, 2.05) is 24.3 Å². The average Bonchev–Trinajstić information content (AvgIpc) is 3.08. The molecule has 3 aliphatic rings. The first kappa shape index (κ1) is 33.8. The van der Waals surface area contributed by atoms with Gasteiger partial charge < -0.3 is 25.6 Å². The summed E-state index contributed by atoms with van der Waals surface area (Å²) in [6, 6.07) is 25.0. The number of aliphatic hydroxyl groups is 1. The minimum absolute atomic E-state index is 0.00337. The lowest BCUT2D eigenvalue weighted by Crippen LogP contribution is -2.61. The average molecular weight is 640 g/mol. The second-order valence-electron chi connectivity index (χ2n) is 15.0. The summed E-state index contributed by atoms with van der Waals surface area (Å²) in [6.07, 6.45) is 5.86. The fourth-order valence-electron chi connectivity index (χ4n) is 8.01. The molecule has 3 aromatic carbocycles. The second kappa shape index (κ2) is 14.6. The van der Waals surface area contributed by atoms with Crippen molar-refractivity contribution >= 4 is 5.91 Å². The van der Waals surface area contributed by atoms with Gasteiger partial charge in [-0.1, -0.05) is 80.4 Å². The molecule has 7 atom stereocenters. The zero-order valence-corrected chi connectivity index (χ0v) is 28.5. The van der Waals surface area contributed by atoms with Gasteiger partial charge in [-0.15, -0.1) is 0 Å². The van der Waals surface area contributed by atoms with E-state index in [2.05, 4.69) is 86.4 Å². The first-order valence-electron chi connectivity index (χ1n) is 17.6. The topological polar surface area (TPSA) is 97.1 Å². The lowest BCUT2D eigenvalue weighted by molar-refractivity contribution is -0.278. The molecule has 0 bridgehead atoms. The first-order chi connectivity index (χ1) is 22.6. The zero-order chi connectivity index (χ0) is 33.1. The van der Waals surface area contributed by atoms with Crippen molar-refractivity contribution in [3.8, 4) is 11.1 Å². The SMILES string of the molecule is C[C@@H]1[C@H](CN2[C@@H](C(=O)NC(C)(C)C)CC[C@H]3CCCC[C@H]32)O[C@H](c2cccc(-c3cccc(CN)c3)c2)O[C@@H]1c1ccc(CO)cc1. The molecule has 3 aromatic rings. The molecule has 2 saturated heterocycles. The van der Waals surface area contributed by atoms with Crippen LogP contribution in [0.2, 0.25) is 0 Å². The van der Waals surface area contributed by atoms with Crippen molar-refractivity contribution in [2.75, 3.05) is 6.54 Å². The van der Waals surface area contributed by atoms with Gasteiger partial charge in [-0.05, 0) is 92.3 Å². The molecular formula is C40H53N3O4. The van der Waals surface area contributed by atoms with Crippen molar-refractivity contribution in [1.82, 2.24) is 10.2 Å².